The molecule has 6 nitrogen and oxygen atoms in total. The van der Waals surface area contributed by atoms with Gasteiger partial charge in [0.25, 0.3) is 0 Å². The Bertz CT molecular complexity index is 424. The Labute approximate surface area is 251 Å². The van der Waals surface area contributed by atoms with Crippen LogP contribution in [0.15, 0.2) is 0 Å². The third-order valence-electron chi connectivity index (χ3n) is 6.44. The summed E-state index contributed by atoms with van der Waals surface area (Å²) in [6.07, 6.45) is 17.1. The molecule has 38 heavy (non-hydrogen) atoms. The summed E-state index contributed by atoms with van der Waals surface area (Å²) in [4.78, 5) is 31.8. The van der Waals surface area contributed by atoms with Crippen molar-refractivity contribution in [2.24, 2.45) is 17.8 Å². The van der Waals surface area contributed by atoms with Gasteiger partial charge in [0.05, 0.1) is 0 Å². The first-order chi connectivity index (χ1) is 18.2. The molecule has 0 heterocycles. The molecule has 0 radical (unpaired) electrons. The molecule has 8 heteroatoms. The normalized spacial score (nSPS) is 10.2. The molecule has 0 fully saturated rings. The quantitative estimate of drug-likeness (QED) is 0.149. The predicted molar refractivity (Wildman–Crippen MR) is 154 cm³/mol. The van der Waals surface area contributed by atoms with Gasteiger partial charge < -0.3 is 29.7 Å². The predicted octanol–water partition coefficient (Wildman–Crippen LogP) is 5.51. The van der Waals surface area contributed by atoms with E-state index in [0.717, 1.165) is 137 Å². The molecule has 0 rings (SSSR count). The van der Waals surface area contributed by atoms with Crippen molar-refractivity contribution in [3.63, 3.8) is 0 Å². The molecule has 0 atom stereocenters. The van der Waals surface area contributed by atoms with Crippen LogP contribution in [0.3, 0.4) is 0 Å². The minimum absolute atomic E-state index is 0.204. The number of aliphatic carboxylic acids is 3. The van der Waals surface area contributed by atoms with Gasteiger partial charge in [0.15, 0.2) is 0 Å². The fourth-order valence-electron chi connectivity index (χ4n) is 3.84. The van der Waals surface area contributed by atoms with Gasteiger partial charge in [-0.05, 0) is 56.3 Å². The van der Waals surface area contributed by atoms with Gasteiger partial charge in [0, 0.05) is 17.9 Å². The van der Waals surface area contributed by atoms with E-state index in [-0.39, 0.29) is 17.8 Å². The van der Waals surface area contributed by atoms with Crippen LogP contribution in [-0.2, 0) is 14.4 Å². The Morgan fingerprint density at radius 3 is 0.658 bits per heavy atom. The van der Waals surface area contributed by atoms with Crippen LogP contribution < -0.4 is 15.3 Å². The molecule has 0 aromatic rings. The first kappa shape index (κ1) is 44.5. The number of carbonyl (C=O) groups excluding carboxylic acids is 3. The van der Waals surface area contributed by atoms with Crippen molar-refractivity contribution in [3.05, 3.63) is 0 Å². The molecule has 0 unspecified atom stereocenters. The van der Waals surface area contributed by atoms with Crippen LogP contribution in [0.4, 0.5) is 0 Å². The van der Waals surface area contributed by atoms with Gasteiger partial charge in [-0.3, -0.25) is 0 Å². The van der Waals surface area contributed by atoms with Crippen molar-refractivity contribution < 1.29 is 29.7 Å². The summed E-state index contributed by atoms with van der Waals surface area (Å²) < 4.78 is 0. The number of hydrogen-bond acceptors (Lipinski definition) is 6. The van der Waals surface area contributed by atoms with E-state index in [2.05, 4.69) is 41.5 Å². The number of carboxylic acids is 3. The second-order valence-corrected chi connectivity index (χ2v) is 9.90. The van der Waals surface area contributed by atoms with Gasteiger partial charge in [-0.25, -0.2) is 0 Å². The molecule has 0 aliphatic rings. The average Bonchev–Trinajstić information content (AvgIpc) is 2.90. The van der Waals surface area contributed by atoms with E-state index in [1.807, 2.05) is 0 Å². The van der Waals surface area contributed by atoms with E-state index >= 15 is 0 Å². The molecular formula is C30H57ClO6Sn. The van der Waals surface area contributed by atoms with Crippen molar-refractivity contribution >= 4 is 48.2 Å². The topological polar surface area (TPSA) is 120 Å². The molecule has 0 saturated heterocycles. The maximum atomic E-state index is 10.6. The number of carboxylic acid groups (broad SMARTS) is 3. The average molecular weight is 668 g/mol. The SMILES string of the molecule is CCCCC(CCCC)C(=O)[O-].CCCCC(CCCC)C(=O)[O-].CCCCC(CCCC)C(=O)[O-].[Cl][Sn+3]. The second-order valence-electron chi connectivity index (χ2n) is 9.90. The van der Waals surface area contributed by atoms with Gasteiger partial charge >= 0.3 is 30.3 Å². The summed E-state index contributed by atoms with van der Waals surface area (Å²) in [5.41, 5.74) is 0. The number of carbonyl (C=O) groups is 3. The van der Waals surface area contributed by atoms with Gasteiger partial charge in [-0.15, -0.1) is 0 Å². The van der Waals surface area contributed by atoms with Gasteiger partial charge in [-0.2, -0.15) is 0 Å². The Morgan fingerprint density at radius 2 is 0.579 bits per heavy atom. The molecule has 0 bridgehead atoms. The van der Waals surface area contributed by atoms with Crippen LogP contribution in [0, 0.1) is 17.8 Å². The Kier molecular flexibility index (Phi) is 42.8. The summed E-state index contributed by atoms with van der Waals surface area (Å²) in [7, 11) is 4.73. The summed E-state index contributed by atoms with van der Waals surface area (Å²) in [6.45, 7) is 12.5. The molecule has 0 aromatic heterocycles. The summed E-state index contributed by atoms with van der Waals surface area (Å²) in [6, 6.07) is 0. The summed E-state index contributed by atoms with van der Waals surface area (Å²) in [5, 5.41) is 31.8. The molecule has 0 aliphatic carbocycles. The van der Waals surface area contributed by atoms with Crippen molar-refractivity contribution in [2.45, 2.75) is 157 Å². The van der Waals surface area contributed by atoms with Crippen LogP contribution in [0.1, 0.15) is 157 Å². The van der Waals surface area contributed by atoms with Gasteiger partial charge in [0.1, 0.15) is 0 Å². The van der Waals surface area contributed by atoms with Crippen LogP contribution in [0.5, 0.6) is 0 Å². The second kappa shape index (κ2) is 36.5. The van der Waals surface area contributed by atoms with Gasteiger partial charge in [-0.1, -0.05) is 119 Å². The van der Waals surface area contributed by atoms with E-state index in [1.54, 1.807) is 0 Å². The maximum absolute atomic E-state index is 10.6. The zero-order chi connectivity index (χ0) is 30.2. The van der Waals surface area contributed by atoms with Crippen LogP contribution in [0.2, 0.25) is 0 Å². The molecule has 0 aromatic carbocycles. The third kappa shape index (κ3) is 33.5. The molecule has 0 saturated carbocycles. The Morgan fingerprint density at radius 1 is 0.447 bits per heavy atom. The van der Waals surface area contributed by atoms with E-state index in [1.165, 1.54) is 0 Å². The fraction of sp³-hybridized carbons (Fsp3) is 0.900. The van der Waals surface area contributed by atoms with Crippen molar-refractivity contribution in [3.8, 4) is 0 Å². The van der Waals surface area contributed by atoms with E-state index < -0.39 is 17.9 Å². The van der Waals surface area contributed by atoms with Crippen molar-refractivity contribution in [1.29, 1.82) is 0 Å². The summed E-state index contributed by atoms with van der Waals surface area (Å²) >= 11 is 1.02. The van der Waals surface area contributed by atoms with E-state index in [4.69, 9.17) is 8.92 Å². The van der Waals surface area contributed by atoms with Gasteiger partial charge in [0.2, 0.25) is 0 Å². The van der Waals surface area contributed by atoms with Crippen LogP contribution >= 0.6 is 8.92 Å². The molecule has 0 N–H and O–H groups in total. The van der Waals surface area contributed by atoms with Crippen LogP contribution in [-0.4, -0.2) is 39.3 Å². The zero-order valence-electron chi connectivity index (χ0n) is 25.3. The van der Waals surface area contributed by atoms with Crippen molar-refractivity contribution in [2.75, 3.05) is 0 Å². The van der Waals surface area contributed by atoms with Crippen molar-refractivity contribution in [1.82, 2.24) is 0 Å². The Balaban J connectivity index is -0.000000220. The number of unbranched alkanes of at least 4 members (excludes halogenated alkanes) is 6. The molecule has 0 amide bonds. The first-order valence-corrected chi connectivity index (χ1v) is 18.6. The minimum atomic E-state index is -0.864. The number of halogens is 1. The summed E-state index contributed by atoms with van der Waals surface area (Å²) in [5.74, 6) is -3.20. The third-order valence-corrected chi connectivity index (χ3v) is 6.44. The van der Waals surface area contributed by atoms with Crippen LogP contribution in [0.25, 0.3) is 0 Å². The van der Waals surface area contributed by atoms with E-state index in [9.17, 15) is 29.7 Å². The first-order valence-electron chi connectivity index (χ1n) is 15.0. The molecular weight excluding hydrogens is 610 g/mol. The zero-order valence-corrected chi connectivity index (χ0v) is 28.9. The fourth-order valence-corrected chi connectivity index (χ4v) is 3.84. The molecule has 0 spiro atoms. The molecule has 0 aliphatic heterocycles. The van der Waals surface area contributed by atoms with E-state index in [0.29, 0.717) is 0 Å². The molecule has 224 valence electrons. The monoisotopic (exact) mass is 668 g/mol. The number of rotatable bonds is 21. The standard InChI is InChI=1S/3C10H20O2.ClH.Sn/c3*1-3-5-7-9(10(11)12)8-6-4-2;;/h3*9H,3-8H2,1-2H3,(H,11,12);1H;/q;;;;+4/p-4. The Hall–Kier alpha value is -0.501. The number of hydrogen-bond donors (Lipinski definition) is 0.